The Morgan fingerprint density at radius 2 is 2.00 bits per heavy atom. The maximum absolute atomic E-state index is 12.8. The largest absolute Gasteiger partial charge is 0.416 e. The summed E-state index contributed by atoms with van der Waals surface area (Å²) in [5.74, 6) is -0.493. The van der Waals surface area contributed by atoms with Gasteiger partial charge in [-0.25, -0.2) is 0 Å². The van der Waals surface area contributed by atoms with Crippen LogP contribution in [0.25, 0.3) is 0 Å². The number of carbonyl (C=O) groups excluding carboxylic acids is 1. The zero-order chi connectivity index (χ0) is 18.4. The minimum Gasteiger partial charge on any atom is -0.410 e. The summed E-state index contributed by atoms with van der Waals surface area (Å²) in [6.07, 6.45) is -3.14. The fraction of sp³-hybridized carbons (Fsp3) is 0.267. The summed E-state index contributed by atoms with van der Waals surface area (Å²) < 4.78 is 39.5. The fourth-order valence-electron chi connectivity index (χ4n) is 2.72. The third-order valence-corrected chi connectivity index (χ3v) is 4.20. The Morgan fingerprint density at radius 3 is 2.56 bits per heavy atom. The molecule has 2 aromatic rings. The van der Waals surface area contributed by atoms with Crippen LogP contribution >= 0.6 is 11.6 Å². The molecule has 1 atom stereocenters. The second kappa shape index (κ2) is 6.07. The molecule has 1 N–H and O–H groups in total. The van der Waals surface area contributed by atoms with Gasteiger partial charge in [-0.1, -0.05) is 16.8 Å². The van der Waals surface area contributed by atoms with E-state index in [-0.39, 0.29) is 29.0 Å². The summed E-state index contributed by atoms with van der Waals surface area (Å²) in [6, 6.07) is 4.07. The maximum atomic E-state index is 12.8. The van der Waals surface area contributed by atoms with Crippen LogP contribution in [0.3, 0.4) is 0 Å². The van der Waals surface area contributed by atoms with Crippen molar-refractivity contribution in [2.24, 2.45) is 5.16 Å². The van der Waals surface area contributed by atoms with E-state index in [9.17, 15) is 18.0 Å². The molecule has 0 fully saturated rings. The van der Waals surface area contributed by atoms with Gasteiger partial charge in [0.25, 0.3) is 5.91 Å². The third kappa shape index (κ3) is 2.95. The van der Waals surface area contributed by atoms with Crippen molar-refractivity contribution in [1.82, 2.24) is 9.78 Å². The predicted octanol–water partition coefficient (Wildman–Crippen LogP) is 3.50. The smallest absolute Gasteiger partial charge is 0.410 e. The molecule has 2 heterocycles. The van der Waals surface area contributed by atoms with E-state index in [4.69, 9.17) is 16.8 Å². The second-order valence-corrected chi connectivity index (χ2v) is 5.91. The molecule has 0 spiro atoms. The first-order valence-corrected chi connectivity index (χ1v) is 7.56. The number of nitrogens with zero attached hydrogens (tertiary/aromatic N) is 4. The van der Waals surface area contributed by atoms with Crippen molar-refractivity contribution in [1.29, 1.82) is 0 Å². The highest BCUT2D eigenvalue weighted by Crippen LogP contribution is 2.33. The van der Waals surface area contributed by atoms with Crippen molar-refractivity contribution in [2.75, 3.05) is 11.4 Å². The van der Waals surface area contributed by atoms with Crippen molar-refractivity contribution in [3.8, 4) is 0 Å². The number of alkyl halides is 3. The molecule has 0 radical (unpaired) electrons. The van der Waals surface area contributed by atoms with Gasteiger partial charge in [-0.3, -0.25) is 9.48 Å². The van der Waals surface area contributed by atoms with Crippen molar-refractivity contribution >= 4 is 28.4 Å². The van der Waals surface area contributed by atoms with Crippen LogP contribution in [0.15, 0.2) is 35.6 Å². The fourth-order valence-corrected chi connectivity index (χ4v) is 2.86. The molecule has 0 saturated carbocycles. The summed E-state index contributed by atoms with van der Waals surface area (Å²) in [5.41, 5.74) is -0.214. The number of hydrogen-bond acceptors (Lipinski definition) is 4. The zero-order valence-corrected chi connectivity index (χ0v) is 13.6. The molecule has 1 aliphatic rings. The Morgan fingerprint density at radius 1 is 1.36 bits per heavy atom. The van der Waals surface area contributed by atoms with Gasteiger partial charge in [-0.05, 0) is 31.2 Å². The Kier molecular flexibility index (Phi) is 4.19. The van der Waals surface area contributed by atoms with Crippen LogP contribution in [-0.4, -0.2) is 32.6 Å². The van der Waals surface area contributed by atoms with Crippen LogP contribution in [0.1, 0.15) is 34.6 Å². The number of anilines is 1. The van der Waals surface area contributed by atoms with E-state index in [1.54, 1.807) is 6.92 Å². The van der Waals surface area contributed by atoms with Crippen molar-refractivity contribution in [3.05, 3.63) is 47.3 Å². The predicted molar refractivity (Wildman–Crippen MR) is 84.2 cm³/mol. The van der Waals surface area contributed by atoms with Gasteiger partial charge in [0, 0.05) is 12.2 Å². The minimum absolute atomic E-state index is 0.112. The first-order chi connectivity index (χ1) is 11.7. The Balaban J connectivity index is 2.01. The lowest BCUT2D eigenvalue weighted by Crippen LogP contribution is -2.43. The molecule has 0 bridgehead atoms. The van der Waals surface area contributed by atoms with Crippen LogP contribution in [-0.2, 0) is 6.18 Å². The molecule has 6 nitrogen and oxygen atoms in total. The number of rotatable bonds is 2. The lowest BCUT2D eigenvalue weighted by Gasteiger charge is -2.32. The topological polar surface area (TPSA) is 70.7 Å². The van der Waals surface area contributed by atoms with Gasteiger partial charge in [-0.15, -0.1) is 0 Å². The zero-order valence-electron chi connectivity index (χ0n) is 12.8. The number of fused-ring (bicyclic) bond motifs is 1. The van der Waals surface area contributed by atoms with E-state index in [1.165, 1.54) is 27.9 Å². The van der Waals surface area contributed by atoms with Crippen LogP contribution in [0.2, 0.25) is 0 Å². The number of benzene rings is 1. The molecular formula is C15H12ClF3N4O2. The van der Waals surface area contributed by atoms with Gasteiger partial charge in [0.2, 0.25) is 0 Å². The second-order valence-electron chi connectivity index (χ2n) is 5.55. The highest BCUT2D eigenvalue weighted by molar-refractivity contribution is 6.70. The lowest BCUT2D eigenvalue weighted by atomic mass is 10.1. The van der Waals surface area contributed by atoms with E-state index in [1.807, 2.05) is 0 Å². The average Bonchev–Trinajstić information content (AvgIpc) is 3.02. The molecule has 1 aromatic heterocycles. The van der Waals surface area contributed by atoms with Gasteiger partial charge in [0.15, 0.2) is 5.17 Å². The molecule has 1 aliphatic heterocycles. The number of halogens is 4. The molecule has 1 aromatic carbocycles. The lowest BCUT2D eigenvalue weighted by molar-refractivity contribution is -0.137. The molecule has 0 aliphatic carbocycles. The maximum Gasteiger partial charge on any atom is 0.416 e. The van der Waals surface area contributed by atoms with Gasteiger partial charge in [-0.2, -0.15) is 18.3 Å². The molecule has 0 unspecified atom stereocenters. The molecular weight excluding hydrogens is 361 g/mol. The van der Waals surface area contributed by atoms with Crippen LogP contribution in [0.5, 0.6) is 0 Å². The molecule has 0 saturated heterocycles. The monoisotopic (exact) mass is 372 g/mol. The number of carbonyl (C=O) groups is 1. The summed E-state index contributed by atoms with van der Waals surface area (Å²) in [6.45, 7) is 2.03. The van der Waals surface area contributed by atoms with Crippen LogP contribution < -0.4 is 4.90 Å². The summed E-state index contributed by atoms with van der Waals surface area (Å²) in [5, 5.41) is 15.5. The van der Waals surface area contributed by atoms with E-state index >= 15 is 0 Å². The molecule has 3 rings (SSSR count). The molecule has 10 heteroatoms. The number of hydrogen-bond donors (Lipinski definition) is 1. The highest BCUT2D eigenvalue weighted by atomic mass is 35.5. The van der Waals surface area contributed by atoms with Gasteiger partial charge in [0.05, 0.1) is 23.4 Å². The van der Waals surface area contributed by atoms with Crippen molar-refractivity contribution < 1.29 is 23.2 Å². The standard InChI is InChI=1S/C15H12ClF3N4O2/c1-8-7-22(10-4-2-9(3-5-10)15(17,18)19)14(24)12-11(13(16)21-25)6-20-23(8)12/h2-6,8,25H,7H2,1H3/t8-/m0/s1. The first-order valence-electron chi connectivity index (χ1n) is 7.18. The van der Waals surface area contributed by atoms with Crippen molar-refractivity contribution in [3.63, 3.8) is 0 Å². The van der Waals surface area contributed by atoms with Crippen molar-refractivity contribution in [2.45, 2.75) is 19.1 Å². The molecule has 25 heavy (non-hydrogen) atoms. The minimum atomic E-state index is -4.45. The normalized spacial score (nSPS) is 18.4. The first kappa shape index (κ1) is 17.3. The SMILES string of the molecule is C[C@H]1CN(c2ccc(C(F)(F)F)cc2)C(=O)c2c(C(Cl)=NO)cnn21. The third-order valence-electron chi connectivity index (χ3n) is 3.92. The average molecular weight is 373 g/mol. The van der Waals surface area contributed by atoms with Gasteiger partial charge in [0.1, 0.15) is 5.69 Å². The highest BCUT2D eigenvalue weighted by Gasteiger charge is 2.35. The number of oxime groups is 1. The van der Waals surface area contributed by atoms with Crippen LogP contribution in [0, 0.1) is 0 Å². The molecule has 132 valence electrons. The Bertz CT molecular complexity index is 845. The van der Waals surface area contributed by atoms with E-state index in [2.05, 4.69) is 10.3 Å². The van der Waals surface area contributed by atoms with E-state index in [0.717, 1.165) is 12.1 Å². The van der Waals surface area contributed by atoms with E-state index < -0.39 is 17.6 Å². The summed E-state index contributed by atoms with van der Waals surface area (Å²) in [7, 11) is 0. The van der Waals surface area contributed by atoms with Gasteiger partial charge >= 0.3 is 6.18 Å². The Labute approximate surface area is 145 Å². The number of aromatic nitrogens is 2. The summed E-state index contributed by atoms with van der Waals surface area (Å²) >= 11 is 5.80. The Hall–Kier alpha value is -2.55. The molecule has 1 amide bonds. The quantitative estimate of drug-likeness (QED) is 0.498. The van der Waals surface area contributed by atoms with E-state index in [0.29, 0.717) is 5.69 Å². The number of amides is 1. The van der Waals surface area contributed by atoms with Gasteiger partial charge < -0.3 is 10.1 Å². The van der Waals surface area contributed by atoms with Crippen LogP contribution in [0.4, 0.5) is 18.9 Å². The summed E-state index contributed by atoms with van der Waals surface area (Å²) in [4.78, 5) is 14.1.